The summed E-state index contributed by atoms with van der Waals surface area (Å²) in [7, 11) is 0. The van der Waals surface area contributed by atoms with Gasteiger partial charge in [-0.05, 0) is 122 Å². The van der Waals surface area contributed by atoms with Gasteiger partial charge in [-0.15, -0.1) is 0 Å². The fraction of sp³-hybridized carbons (Fsp3) is 0.0769. The lowest BCUT2D eigenvalue weighted by atomic mass is 9.67. The molecule has 0 saturated heterocycles. The highest BCUT2D eigenvalue weighted by molar-refractivity contribution is 5.89. The van der Waals surface area contributed by atoms with Crippen molar-refractivity contribution in [1.29, 1.82) is 0 Å². The molecular formula is C65H48N2O. The molecule has 0 N–H and O–H groups in total. The second kappa shape index (κ2) is 16.5. The average Bonchev–Trinajstić information content (AvgIpc) is 3.71. The van der Waals surface area contributed by atoms with Crippen LogP contribution in [0.15, 0.2) is 289 Å². The first kappa shape index (κ1) is 39.9. The molecule has 5 aliphatic rings. The highest BCUT2D eigenvalue weighted by atomic mass is 16.5. The van der Waals surface area contributed by atoms with Crippen molar-refractivity contribution in [3.8, 4) is 22.3 Å². The molecule has 0 amide bonds. The Morgan fingerprint density at radius 2 is 1.07 bits per heavy atom. The van der Waals surface area contributed by atoms with Crippen molar-refractivity contribution in [3.05, 3.63) is 311 Å². The van der Waals surface area contributed by atoms with E-state index < -0.39 is 5.41 Å². The number of para-hydroxylation sites is 2. The zero-order valence-electron chi connectivity index (χ0n) is 37.6. The highest BCUT2D eigenvalue weighted by Gasteiger charge is 2.47. The van der Waals surface area contributed by atoms with Gasteiger partial charge in [-0.1, -0.05) is 194 Å². The van der Waals surface area contributed by atoms with Crippen LogP contribution >= 0.6 is 0 Å². The molecule has 8 aromatic carbocycles. The number of ether oxygens (including phenoxy) is 1. The number of anilines is 4. The molecule has 0 fully saturated rings. The van der Waals surface area contributed by atoms with Crippen molar-refractivity contribution in [2.75, 3.05) is 9.80 Å². The van der Waals surface area contributed by atoms with Gasteiger partial charge in [0, 0.05) is 40.4 Å². The van der Waals surface area contributed by atoms with E-state index in [2.05, 4.69) is 271 Å². The molecular weight excluding hydrogens is 825 g/mol. The predicted octanol–water partition coefficient (Wildman–Crippen LogP) is 15.6. The van der Waals surface area contributed by atoms with Crippen molar-refractivity contribution >= 4 is 22.7 Å². The molecule has 3 atom stereocenters. The fourth-order valence-corrected chi connectivity index (χ4v) is 11.7. The Balaban J connectivity index is 0.942. The maximum Gasteiger partial charge on any atom is 0.130 e. The number of benzene rings is 8. The minimum atomic E-state index is -0.527. The first-order valence-electron chi connectivity index (χ1n) is 23.8. The van der Waals surface area contributed by atoms with Gasteiger partial charge in [0.1, 0.15) is 11.9 Å². The predicted molar refractivity (Wildman–Crippen MR) is 279 cm³/mol. The molecule has 4 aliphatic carbocycles. The average molecular weight is 873 g/mol. The van der Waals surface area contributed by atoms with E-state index >= 15 is 0 Å². The largest absolute Gasteiger partial charge is 0.485 e. The van der Waals surface area contributed by atoms with Crippen LogP contribution in [-0.4, -0.2) is 12.1 Å². The van der Waals surface area contributed by atoms with Gasteiger partial charge >= 0.3 is 0 Å². The Kier molecular flexibility index (Phi) is 9.68. The smallest absolute Gasteiger partial charge is 0.130 e. The summed E-state index contributed by atoms with van der Waals surface area (Å²) in [4.78, 5) is 4.91. The van der Waals surface area contributed by atoms with Crippen LogP contribution in [0.4, 0.5) is 22.7 Å². The van der Waals surface area contributed by atoms with Crippen LogP contribution in [0.25, 0.3) is 22.3 Å². The van der Waals surface area contributed by atoms with Gasteiger partial charge < -0.3 is 14.5 Å². The maximum atomic E-state index is 7.22. The number of hydrogen-bond acceptors (Lipinski definition) is 3. The third kappa shape index (κ3) is 6.49. The monoisotopic (exact) mass is 872 g/mol. The number of fused-ring (bicyclic) bond motifs is 4. The summed E-state index contributed by atoms with van der Waals surface area (Å²) in [5, 5.41) is 0. The zero-order chi connectivity index (χ0) is 45.0. The second-order valence-corrected chi connectivity index (χ2v) is 18.3. The van der Waals surface area contributed by atoms with Crippen LogP contribution in [0.5, 0.6) is 0 Å². The van der Waals surface area contributed by atoms with E-state index in [1.807, 2.05) is 0 Å². The summed E-state index contributed by atoms with van der Waals surface area (Å²) in [5.74, 6) is 1.05. The third-order valence-corrected chi connectivity index (χ3v) is 14.6. The summed E-state index contributed by atoms with van der Waals surface area (Å²) in [6.07, 6.45) is 16.9. The van der Waals surface area contributed by atoms with Crippen LogP contribution in [-0.2, 0) is 10.2 Å². The zero-order valence-corrected chi connectivity index (χ0v) is 37.6. The standard InChI is InChI=1S/C65H48N2O/c1-6-19-45(20-7-1)46-33-35-52(36-34-46)67(54-37-39-57-56-30-16-17-32-60(56)65(61(57)43-54,48-22-8-2-9-23-48)49-24-10-3-11-25-49)55-41-47-21-18-31-58-59-42-53(38-40-62(59)68-63(44-55)64(47)58)66(50-26-12-4-13-27-50)51-28-14-5-15-29-51/h1-41,43-44,53,63-64H,42H2. The van der Waals surface area contributed by atoms with E-state index in [-0.39, 0.29) is 18.1 Å². The molecule has 3 nitrogen and oxygen atoms in total. The Labute approximate surface area is 399 Å². The third-order valence-electron chi connectivity index (χ3n) is 14.6. The van der Waals surface area contributed by atoms with Crippen LogP contribution in [0.3, 0.4) is 0 Å². The van der Waals surface area contributed by atoms with Gasteiger partial charge in [0.05, 0.1) is 17.4 Å². The molecule has 0 bridgehead atoms. The first-order chi connectivity index (χ1) is 33.7. The fourth-order valence-electron chi connectivity index (χ4n) is 11.7. The summed E-state index contributed by atoms with van der Waals surface area (Å²) in [6.45, 7) is 0. The molecule has 68 heavy (non-hydrogen) atoms. The number of nitrogens with zero attached hydrogens (tertiary/aromatic N) is 2. The number of hydrogen-bond donors (Lipinski definition) is 0. The van der Waals surface area contributed by atoms with E-state index in [4.69, 9.17) is 4.74 Å². The van der Waals surface area contributed by atoms with E-state index in [0.29, 0.717) is 0 Å². The molecule has 1 aliphatic heterocycles. The topological polar surface area (TPSA) is 15.7 Å². The minimum Gasteiger partial charge on any atom is -0.485 e. The van der Waals surface area contributed by atoms with Gasteiger partial charge in [0.2, 0.25) is 0 Å². The maximum absolute atomic E-state index is 7.22. The molecule has 0 aromatic heterocycles. The summed E-state index contributed by atoms with van der Waals surface area (Å²) >= 11 is 0. The van der Waals surface area contributed by atoms with Crippen molar-refractivity contribution in [1.82, 2.24) is 0 Å². The molecule has 13 rings (SSSR count). The van der Waals surface area contributed by atoms with Crippen LogP contribution in [0.1, 0.15) is 28.7 Å². The Morgan fingerprint density at radius 3 is 1.75 bits per heavy atom. The van der Waals surface area contributed by atoms with Crippen molar-refractivity contribution in [2.45, 2.75) is 24.0 Å². The molecule has 8 aromatic rings. The lowest BCUT2D eigenvalue weighted by Crippen LogP contribution is -2.39. The molecule has 324 valence electrons. The Bertz CT molecular complexity index is 3300. The van der Waals surface area contributed by atoms with Gasteiger partial charge in [0.25, 0.3) is 0 Å². The summed E-state index contributed by atoms with van der Waals surface area (Å²) in [6, 6.07) is 79.6. The first-order valence-corrected chi connectivity index (χ1v) is 23.8. The summed E-state index contributed by atoms with van der Waals surface area (Å²) < 4.78 is 7.22. The normalized spacial score (nSPS) is 19.0. The van der Waals surface area contributed by atoms with Gasteiger partial charge in [0.15, 0.2) is 0 Å². The van der Waals surface area contributed by atoms with Gasteiger partial charge in [-0.3, -0.25) is 0 Å². The molecule has 3 unspecified atom stereocenters. The van der Waals surface area contributed by atoms with Crippen molar-refractivity contribution in [3.63, 3.8) is 0 Å². The second-order valence-electron chi connectivity index (χ2n) is 18.3. The van der Waals surface area contributed by atoms with Crippen molar-refractivity contribution < 1.29 is 4.74 Å². The van der Waals surface area contributed by atoms with Crippen LogP contribution in [0.2, 0.25) is 0 Å². The van der Waals surface area contributed by atoms with Crippen molar-refractivity contribution in [2.24, 2.45) is 5.92 Å². The Morgan fingerprint density at radius 1 is 0.500 bits per heavy atom. The number of allylic oxidation sites excluding steroid dienone is 5. The van der Waals surface area contributed by atoms with E-state index in [9.17, 15) is 0 Å². The van der Waals surface area contributed by atoms with E-state index in [1.165, 1.54) is 72.6 Å². The highest BCUT2D eigenvalue weighted by Crippen LogP contribution is 2.57. The Hall–Kier alpha value is -8.40. The number of rotatable bonds is 9. The van der Waals surface area contributed by atoms with E-state index in [0.717, 1.165) is 29.3 Å². The molecule has 0 saturated carbocycles. The molecule has 3 heteroatoms. The van der Waals surface area contributed by atoms with E-state index in [1.54, 1.807) is 0 Å². The molecule has 0 radical (unpaired) electrons. The SMILES string of the molecule is C1=CC2=CC(N(c3ccc(-c4ccccc4)cc3)c3ccc4c(c3)C(c3ccccc3)(c3ccccc3)c3ccccc3-4)=CC3OC4=C(CC(N(c5ccccc5)c5ccccc5)C=C4)C(=C1)C23. The lowest BCUT2D eigenvalue weighted by molar-refractivity contribution is 0.118. The van der Waals surface area contributed by atoms with Gasteiger partial charge in [-0.2, -0.15) is 0 Å². The molecule has 0 spiro atoms. The van der Waals surface area contributed by atoms with Crippen LogP contribution < -0.4 is 9.80 Å². The lowest BCUT2D eigenvalue weighted by Gasteiger charge is -2.44. The summed E-state index contributed by atoms with van der Waals surface area (Å²) in [5.41, 5.74) is 19.0. The minimum absolute atomic E-state index is 0.0807. The van der Waals surface area contributed by atoms with Gasteiger partial charge in [-0.25, -0.2) is 0 Å². The molecule has 1 heterocycles. The van der Waals surface area contributed by atoms with Crippen LogP contribution in [0, 0.1) is 5.92 Å². The quantitative estimate of drug-likeness (QED) is 0.144.